The molecule has 8 heteroatoms. The van der Waals surface area contributed by atoms with Gasteiger partial charge in [-0.05, 0) is 13.8 Å². The van der Waals surface area contributed by atoms with Gasteiger partial charge in [0.05, 0.1) is 12.2 Å². The second-order valence-electron chi connectivity index (χ2n) is 5.48. The standard InChI is InChI=1S/C11H14F3NO4/c1-9(2)10(8(17)18)5-15(3-6(10)4-19-9)7(16)11(12,13)14/h6H,3-5H2,1-2H3,(H,17,18)/t6-,10-/m0/s1. The lowest BCUT2D eigenvalue weighted by molar-refractivity contribution is -0.186. The van der Waals surface area contributed by atoms with E-state index in [0.717, 1.165) is 0 Å². The van der Waals surface area contributed by atoms with Gasteiger partial charge >= 0.3 is 18.1 Å². The van der Waals surface area contributed by atoms with Crippen molar-refractivity contribution >= 4 is 11.9 Å². The Labute approximate surface area is 107 Å². The minimum absolute atomic E-state index is 0.0426. The molecule has 108 valence electrons. The third kappa shape index (κ3) is 1.80. The molecule has 0 aliphatic carbocycles. The molecule has 0 unspecified atom stereocenters. The maximum atomic E-state index is 12.4. The number of carbonyl (C=O) groups excluding carboxylic acids is 1. The zero-order valence-corrected chi connectivity index (χ0v) is 10.5. The van der Waals surface area contributed by atoms with E-state index in [4.69, 9.17) is 4.74 Å². The van der Waals surface area contributed by atoms with Crippen LogP contribution in [0.5, 0.6) is 0 Å². The number of alkyl halides is 3. The Kier molecular flexibility index (Phi) is 2.85. The highest BCUT2D eigenvalue weighted by Crippen LogP contribution is 2.52. The largest absolute Gasteiger partial charge is 0.481 e. The van der Waals surface area contributed by atoms with Gasteiger partial charge in [-0.15, -0.1) is 0 Å². The summed E-state index contributed by atoms with van der Waals surface area (Å²) >= 11 is 0. The molecule has 0 spiro atoms. The second kappa shape index (κ2) is 3.84. The number of hydrogen-bond acceptors (Lipinski definition) is 3. The van der Waals surface area contributed by atoms with Crippen molar-refractivity contribution in [3.63, 3.8) is 0 Å². The molecule has 2 aliphatic heterocycles. The molecule has 0 aromatic carbocycles. The fourth-order valence-corrected chi connectivity index (χ4v) is 3.06. The van der Waals surface area contributed by atoms with Crippen LogP contribution in [0, 0.1) is 11.3 Å². The van der Waals surface area contributed by atoms with Gasteiger partial charge < -0.3 is 14.7 Å². The second-order valence-corrected chi connectivity index (χ2v) is 5.48. The number of nitrogens with zero attached hydrogens (tertiary/aromatic N) is 1. The summed E-state index contributed by atoms with van der Waals surface area (Å²) in [4.78, 5) is 23.4. The molecule has 1 N–H and O–H groups in total. The van der Waals surface area contributed by atoms with Crippen molar-refractivity contribution in [1.29, 1.82) is 0 Å². The molecule has 2 rings (SSSR count). The van der Waals surface area contributed by atoms with E-state index < -0.39 is 41.5 Å². The van der Waals surface area contributed by atoms with E-state index in [-0.39, 0.29) is 13.2 Å². The number of halogens is 3. The van der Waals surface area contributed by atoms with Gasteiger partial charge in [0.2, 0.25) is 0 Å². The zero-order valence-electron chi connectivity index (χ0n) is 10.5. The first kappa shape index (κ1) is 14.1. The van der Waals surface area contributed by atoms with E-state index in [1.54, 1.807) is 0 Å². The number of ether oxygens (including phenoxy) is 1. The summed E-state index contributed by atoms with van der Waals surface area (Å²) < 4.78 is 42.7. The van der Waals surface area contributed by atoms with Crippen molar-refractivity contribution in [1.82, 2.24) is 4.90 Å². The van der Waals surface area contributed by atoms with Crippen molar-refractivity contribution in [2.24, 2.45) is 11.3 Å². The average Bonchev–Trinajstić information content (AvgIpc) is 2.74. The Morgan fingerprint density at radius 2 is 1.95 bits per heavy atom. The SMILES string of the molecule is CC1(C)OC[C@@H]2CN(C(=O)C(F)(F)F)C[C@@]21C(=O)O. The van der Waals surface area contributed by atoms with E-state index in [9.17, 15) is 27.9 Å². The summed E-state index contributed by atoms with van der Waals surface area (Å²) in [5, 5.41) is 9.41. The highest BCUT2D eigenvalue weighted by atomic mass is 19.4. The lowest BCUT2D eigenvalue weighted by Gasteiger charge is -2.35. The number of hydrogen-bond donors (Lipinski definition) is 1. The van der Waals surface area contributed by atoms with Crippen molar-refractivity contribution < 1.29 is 32.6 Å². The molecule has 0 aromatic heterocycles. The van der Waals surface area contributed by atoms with Crippen LogP contribution in [-0.2, 0) is 14.3 Å². The molecule has 2 fully saturated rings. The minimum atomic E-state index is -4.98. The lowest BCUT2D eigenvalue weighted by atomic mass is 9.69. The van der Waals surface area contributed by atoms with Crippen LogP contribution in [0.4, 0.5) is 13.2 Å². The van der Waals surface area contributed by atoms with E-state index >= 15 is 0 Å². The lowest BCUT2D eigenvalue weighted by Crippen LogP contribution is -2.52. The molecular weight excluding hydrogens is 267 g/mol. The van der Waals surface area contributed by atoms with Gasteiger partial charge in [-0.2, -0.15) is 13.2 Å². The molecular formula is C11H14F3NO4. The molecule has 1 amide bonds. The molecule has 0 bridgehead atoms. The number of fused-ring (bicyclic) bond motifs is 1. The van der Waals surface area contributed by atoms with Crippen LogP contribution in [0.1, 0.15) is 13.8 Å². The Balaban J connectivity index is 2.33. The summed E-state index contributed by atoms with van der Waals surface area (Å²) in [6.45, 7) is 2.39. The fraction of sp³-hybridized carbons (Fsp3) is 0.818. The maximum Gasteiger partial charge on any atom is 0.471 e. The smallest absolute Gasteiger partial charge is 0.471 e. The predicted octanol–water partition coefficient (Wildman–Crippen LogP) is 0.887. The van der Waals surface area contributed by atoms with Crippen LogP contribution < -0.4 is 0 Å². The van der Waals surface area contributed by atoms with Crippen molar-refractivity contribution in [2.45, 2.75) is 25.6 Å². The van der Waals surface area contributed by atoms with Crippen LogP contribution in [0.2, 0.25) is 0 Å². The first-order valence-electron chi connectivity index (χ1n) is 5.76. The Hall–Kier alpha value is -1.31. The van der Waals surface area contributed by atoms with E-state index in [2.05, 4.69) is 0 Å². The van der Waals surface area contributed by atoms with Crippen molar-refractivity contribution in [2.75, 3.05) is 19.7 Å². The number of rotatable bonds is 1. The topological polar surface area (TPSA) is 66.8 Å². The maximum absolute atomic E-state index is 12.4. The molecule has 0 saturated carbocycles. The Bertz CT molecular complexity index is 434. The Morgan fingerprint density at radius 3 is 2.37 bits per heavy atom. The summed E-state index contributed by atoms with van der Waals surface area (Å²) in [5.41, 5.74) is -2.59. The number of carbonyl (C=O) groups is 2. The first-order valence-corrected chi connectivity index (χ1v) is 5.76. The normalized spacial score (nSPS) is 33.3. The van der Waals surface area contributed by atoms with Crippen LogP contribution in [0.3, 0.4) is 0 Å². The molecule has 0 aromatic rings. The van der Waals surface area contributed by atoms with E-state index in [1.807, 2.05) is 0 Å². The quantitative estimate of drug-likeness (QED) is 0.775. The minimum Gasteiger partial charge on any atom is -0.481 e. The summed E-state index contributed by atoms with van der Waals surface area (Å²) in [6.07, 6.45) is -4.98. The van der Waals surface area contributed by atoms with Crippen molar-refractivity contribution in [3.05, 3.63) is 0 Å². The average molecular weight is 281 g/mol. The van der Waals surface area contributed by atoms with Crippen LogP contribution in [0.15, 0.2) is 0 Å². The molecule has 19 heavy (non-hydrogen) atoms. The highest BCUT2D eigenvalue weighted by molar-refractivity contribution is 5.85. The van der Waals surface area contributed by atoms with Gasteiger partial charge in [0.25, 0.3) is 0 Å². The Morgan fingerprint density at radius 1 is 1.37 bits per heavy atom. The number of carboxylic acid groups (broad SMARTS) is 1. The highest BCUT2D eigenvalue weighted by Gasteiger charge is 2.67. The van der Waals surface area contributed by atoms with Gasteiger partial charge in [0.15, 0.2) is 0 Å². The molecule has 5 nitrogen and oxygen atoms in total. The zero-order chi connectivity index (χ0) is 14.6. The van der Waals surface area contributed by atoms with Crippen LogP contribution >= 0.6 is 0 Å². The van der Waals surface area contributed by atoms with Gasteiger partial charge in [-0.3, -0.25) is 9.59 Å². The van der Waals surface area contributed by atoms with Gasteiger partial charge in [-0.1, -0.05) is 0 Å². The van der Waals surface area contributed by atoms with E-state index in [1.165, 1.54) is 13.8 Å². The number of likely N-dealkylation sites (tertiary alicyclic amines) is 1. The van der Waals surface area contributed by atoms with Gasteiger partial charge in [-0.25, -0.2) is 0 Å². The fourth-order valence-electron chi connectivity index (χ4n) is 3.06. The van der Waals surface area contributed by atoms with Crippen molar-refractivity contribution in [3.8, 4) is 0 Å². The summed E-state index contributed by atoms with van der Waals surface area (Å²) in [6, 6.07) is 0. The summed E-state index contributed by atoms with van der Waals surface area (Å²) in [5.74, 6) is -3.83. The molecule has 2 saturated heterocycles. The third-order valence-electron chi connectivity index (χ3n) is 4.21. The van der Waals surface area contributed by atoms with E-state index in [0.29, 0.717) is 4.90 Å². The monoisotopic (exact) mass is 281 g/mol. The van der Waals surface area contributed by atoms with Gasteiger partial charge in [0.1, 0.15) is 5.41 Å². The summed E-state index contributed by atoms with van der Waals surface area (Å²) in [7, 11) is 0. The number of amides is 1. The third-order valence-corrected chi connectivity index (χ3v) is 4.21. The first-order chi connectivity index (χ1) is 8.52. The van der Waals surface area contributed by atoms with Crippen LogP contribution in [0.25, 0.3) is 0 Å². The van der Waals surface area contributed by atoms with Crippen LogP contribution in [-0.4, -0.2) is 53.4 Å². The molecule has 0 radical (unpaired) electrons. The molecule has 2 heterocycles. The predicted molar refractivity (Wildman–Crippen MR) is 56.2 cm³/mol. The number of carboxylic acids is 1. The molecule has 2 aliphatic rings. The molecule has 2 atom stereocenters. The van der Waals surface area contributed by atoms with Gasteiger partial charge in [0, 0.05) is 19.0 Å². The number of aliphatic carboxylic acids is 1.